The molecule has 2 aromatic carbocycles. The molecule has 6 rings (SSSR count). The Balaban J connectivity index is 1.34. The van der Waals surface area contributed by atoms with E-state index in [2.05, 4.69) is 102 Å². The van der Waals surface area contributed by atoms with Gasteiger partial charge in [-0.15, -0.1) is 11.8 Å². The quantitative estimate of drug-likeness (QED) is 0.112. The van der Waals surface area contributed by atoms with Crippen molar-refractivity contribution < 1.29 is 14.3 Å². The van der Waals surface area contributed by atoms with Gasteiger partial charge in [-0.2, -0.15) is 0 Å². The van der Waals surface area contributed by atoms with E-state index in [1.165, 1.54) is 21.5 Å². The van der Waals surface area contributed by atoms with Gasteiger partial charge in [0, 0.05) is 69.4 Å². The van der Waals surface area contributed by atoms with Crippen molar-refractivity contribution in [1.82, 2.24) is 19.5 Å². The number of nitrogens with zero attached hydrogens (tertiary/aromatic N) is 4. The van der Waals surface area contributed by atoms with Crippen LogP contribution in [-0.2, 0) is 24.4 Å². The normalized spacial score (nSPS) is 11.8. The smallest absolute Gasteiger partial charge is 0.224 e. The predicted molar refractivity (Wildman–Crippen MR) is 211 cm³/mol. The lowest BCUT2D eigenvalue weighted by Crippen LogP contribution is -2.22. The summed E-state index contributed by atoms with van der Waals surface area (Å²) in [5, 5.41) is 4.17. The van der Waals surface area contributed by atoms with Gasteiger partial charge in [0.05, 0.1) is 24.7 Å². The van der Waals surface area contributed by atoms with Gasteiger partial charge in [0.15, 0.2) is 0 Å². The molecule has 0 aliphatic heterocycles. The molecule has 4 aromatic heterocycles. The minimum Gasteiger partial charge on any atom is -0.487 e. The van der Waals surface area contributed by atoms with Crippen LogP contribution < -0.4 is 14.8 Å². The van der Waals surface area contributed by atoms with E-state index in [4.69, 9.17) is 9.47 Å². The summed E-state index contributed by atoms with van der Waals surface area (Å²) in [5.41, 5.74) is 7.17. The SMILES string of the molecule is COc1ccc(-c2ccc(Cn3c(CC(C)(C)CCC(=O)Nc4cccnc4)c(SC(C)(C)C)c4cc(OCc5ccccn5)ccc43)cc2)cn1. The summed E-state index contributed by atoms with van der Waals surface area (Å²) in [4.78, 5) is 27.2. The number of thioether (sulfide) groups is 1. The van der Waals surface area contributed by atoms with Crippen molar-refractivity contribution in [3.05, 3.63) is 127 Å². The highest BCUT2D eigenvalue weighted by atomic mass is 32.2. The van der Waals surface area contributed by atoms with Gasteiger partial charge in [-0.05, 0) is 77.9 Å². The fourth-order valence-corrected chi connectivity index (χ4v) is 7.36. The van der Waals surface area contributed by atoms with Crippen LogP contribution in [0.5, 0.6) is 11.6 Å². The van der Waals surface area contributed by atoms with Gasteiger partial charge in [-0.25, -0.2) is 4.98 Å². The third kappa shape index (κ3) is 9.59. The van der Waals surface area contributed by atoms with Crippen molar-refractivity contribution in [2.75, 3.05) is 12.4 Å². The Labute approximate surface area is 311 Å². The molecule has 0 radical (unpaired) electrons. The maximum Gasteiger partial charge on any atom is 0.224 e. The van der Waals surface area contributed by atoms with Crippen molar-refractivity contribution in [2.45, 2.75) is 76.7 Å². The van der Waals surface area contributed by atoms with Crippen molar-refractivity contribution in [1.29, 1.82) is 0 Å². The highest BCUT2D eigenvalue weighted by molar-refractivity contribution is 8.00. The second-order valence-electron chi connectivity index (χ2n) is 14.8. The van der Waals surface area contributed by atoms with E-state index in [9.17, 15) is 4.79 Å². The van der Waals surface area contributed by atoms with Crippen LogP contribution in [0.3, 0.4) is 0 Å². The zero-order valence-electron chi connectivity index (χ0n) is 30.8. The summed E-state index contributed by atoms with van der Waals surface area (Å²) in [6, 6.07) is 28.6. The maximum atomic E-state index is 13.0. The number of methoxy groups -OCH3 is 1. The second-order valence-corrected chi connectivity index (χ2v) is 16.6. The van der Waals surface area contributed by atoms with Gasteiger partial charge < -0.3 is 19.4 Å². The van der Waals surface area contributed by atoms with E-state index in [0.717, 1.165) is 40.9 Å². The first-order valence-corrected chi connectivity index (χ1v) is 18.4. The first-order valence-electron chi connectivity index (χ1n) is 17.6. The van der Waals surface area contributed by atoms with Crippen LogP contribution in [-0.4, -0.2) is 37.3 Å². The van der Waals surface area contributed by atoms with Crippen LogP contribution in [0.15, 0.2) is 115 Å². The number of hydrogen-bond acceptors (Lipinski definition) is 7. The van der Waals surface area contributed by atoms with Crippen LogP contribution in [0.4, 0.5) is 5.69 Å². The van der Waals surface area contributed by atoms with Gasteiger partial charge in [0.2, 0.25) is 11.8 Å². The molecule has 0 aliphatic rings. The number of carbonyl (C=O) groups excluding carboxylic acids is 1. The third-order valence-electron chi connectivity index (χ3n) is 8.81. The molecule has 0 spiro atoms. The lowest BCUT2D eigenvalue weighted by Gasteiger charge is -2.27. The van der Waals surface area contributed by atoms with Crippen LogP contribution in [0.1, 0.15) is 64.4 Å². The van der Waals surface area contributed by atoms with Gasteiger partial charge >= 0.3 is 0 Å². The Morgan fingerprint density at radius 3 is 2.35 bits per heavy atom. The number of carbonyl (C=O) groups is 1. The topological polar surface area (TPSA) is 91.2 Å². The number of pyridine rings is 3. The standard InChI is InChI=1S/C43H47N5O3S/c1-42(2,3)52-41-36-24-35(51-29-34-10-7-8-23-45-34)17-18-37(36)48(28-30-12-14-31(15-13-30)32-16-19-40(50-6)46-26-32)38(41)25-43(4,5)21-20-39(49)47-33-11-9-22-44-27-33/h7-19,22-24,26-27H,20-21,25,28-29H2,1-6H3,(H,47,49). The summed E-state index contributed by atoms with van der Waals surface area (Å²) >= 11 is 1.89. The Bertz CT molecular complexity index is 2090. The fourth-order valence-electron chi connectivity index (χ4n) is 6.17. The zero-order valence-corrected chi connectivity index (χ0v) is 31.7. The highest BCUT2D eigenvalue weighted by Gasteiger charge is 2.29. The number of hydrogen-bond donors (Lipinski definition) is 1. The molecule has 6 aromatic rings. The van der Waals surface area contributed by atoms with Crippen molar-refractivity contribution >= 4 is 34.3 Å². The van der Waals surface area contributed by atoms with Crippen molar-refractivity contribution in [2.24, 2.45) is 5.41 Å². The zero-order chi connectivity index (χ0) is 36.7. The molecule has 0 atom stereocenters. The lowest BCUT2D eigenvalue weighted by atomic mass is 9.83. The van der Waals surface area contributed by atoms with E-state index in [0.29, 0.717) is 31.1 Å². The molecule has 268 valence electrons. The maximum absolute atomic E-state index is 13.0. The monoisotopic (exact) mass is 713 g/mol. The third-order valence-corrected chi connectivity index (χ3v) is 10.1. The first kappa shape index (κ1) is 36.6. The summed E-state index contributed by atoms with van der Waals surface area (Å²) in [5.74, 6) is 1.40. The Hall–Kier alpha value is -5.15. The minimum absolute atomic E-state index is 0.00671. The average Bonchev–Trinajstić information content (AvgIpc) is 3.39. The lowest BCUT2D eigenvalue weighted by molar-refractivity contribution is -0.116. The van der Waals surface area contributed by atoms with Crippen molar-refractivity contribution in [3.63, 3.8) is 0 Å². The van der Waals surface area contributed by atoms with Crippen LogP contribution in [0.25, 0.3) is 22.0 Å². The van der Waals surface area contributed by atoms with E-state index in [1.807, 2.05) is 60.4 Å². The fraction of sp³-hybridized carbons (Fsp3) is 0.302. The molecule has 8 nitrogen and oxygen atoms in total. The summed E-state index contributed by atoms with van der Waals surface area (Å²) in [6.45, 7) is 12.4. The molecular formula is C43H47N5O3S. The average molecular weight is 714 g/mol. The number of fused-ring (bicyclic) bond motifs is 1. The van der Waals surface area contributed by atoms with Crippen LogP contribution in [0.2, 0.25) is 0 Å². The van der Waals surface area contributed by atoms with E-state index < -0.39 is 0 Å². The number of nitrogens with one attached hydrogen (secondary N) is 1. The summed E-state index contributed by atoms with van der Waals surface area (Å²) < 4.78 is 14.0. The van der Waals surface area contributed by atoms with Gasteiger partial charge in [0.25, 0.3) is 0 Å². The molecule has 1 amide bonds. The number of amides is 1. The Morgan fingerprint density at radius 2 is 1.67 bits per heavy atom. The minimum atomic E-state index is -0.171. The molecule has 0 saturated carbocycles. The molecule has 0 unspecified atom stereocenters. The van der Waals surface area contributed by atoms with Gasteiger partial charge in [-0.3, -0.25) is 14.8 Å². The van der Waals surface area contributed by atoms with Crippen LogP contribution in [0, 0.1) is 5.41 Å². The summed E-state index contributed by atoms with van der Waals surface area (Å²) in [6.07, 6.45) is 8.94. The van der Waals surface area contributed by atoms with E-state index in [1.54, 1.807) is 25.7 Å². The molecule has 52 heavy (non-hydrogen) atoms. The largest absolute Gasteiger partial charge is 0.487 e. The second kappa shape index (κ2) is 16.0. The molecule has 0 bridgehead atoms. The number of aromatic nitrogens is 4. The number of benzene rings is 2. The van der Waals surface area contributed by atoms with Gasteiger partial charge in [0.1, 0.15) is 12.4 Å². The molecule has 0 aliphatic carbocycles. The molecular weight excluding hydrogens is 667 g/mol. The molecule has 9 heteroatoms. The van der Waals surface area contributed by atoms with Gasteiger partial charge in [-0.1, -0.05) is 65.0 Å². The molecule has 0 saturated heterocycles. The van der Waals surface area contributed by atoms with E-state index >= 15 is 0 Å². The molecule has 0 fully saturated rings. The Kier molecular flexibility index (Phi) is 11.3. The number of anilines is 1. The van der Waals surface area contributed by atoms with E-state index in [-0.39, 0.29) is 16.1 Å². The summed E-state index contributed by atoms with van der Waals surface area (Å²) in [7, 11) is 1.62. The Morgan fingerprint density at radius 1 is 0.865 bits per heavy atom. The predicted octanol–water partition coefficient (Wildman–Crippen LogP) is 10.0. The van der Waals surface area contributed by atoms with Crippen molar-refractivity contribution in [3.8, 4) is 22.8 Å². The highest BCUT2D eigenvalue weighted by Crippen LogP contribution is 2.45. The number of rotatable bonds is 14. The first-order chi connectivity index (χ1) is 25.0. The number of ether oxygens (including phenoxy) is 2. The molecule has 1 N–H and O–H groups in total. The van der Waals surface area contributed by atoms with Crippen LogP contribution >= 0.6 is 11.8 Å². The molecule has 4 heterocycles.